The van der Waals surface area contributed by atoms with Crippen molar-refractivity contribution in [2.45, 2.75) is 6.29 Å². The number of pyridine rings is 1. The van der Waals surface area contributed by atoms with Crippen LogP contribution in [0.1, 0.15) is 0 Å². The summed E-state index contributed by atoms with van der Waals surface area (Å²) in [5.41, 5.74) is 6.78. The predicted molar refractivity (Wildman–Crippen MR) is 48.1 cm³/mol. The number of aromatic nitrogens is 1. The van der Waals surface area contributed by atoms with Crippen LogP contribution in [-0.4, -0.2) is 24.0 Å². The molecule has 0 fully saturated rings. The van der Waals surface area contributed by atoms with Gasteiger partial charge in [-0.2, -0.15) is 0 Å². The van der Waals surface area contributed by atoms with Gasteiger partial charge < -0.3 is 4.90 Å². The maximum absolute atomic E-state index is 5.72. The van der Waals surface area contributed by atoms with Crippen LogP contribution in [0.5, 0.6) is 0 Å². The molecule has 2 rings (SSSR count). The van der Waals surface area contributed by atoms with Gasteiger partial charge in [-0.1, -0.05) is 0 Å². The monoisotopic (exact) mass is 162 g/mol. The van der Waals surface area contributed by atoms with E-state index >= 15 is 0 Å². The van der Waals surface area contributed by atoms with Gasteiger partial charge in [-0.15, -0.1) is 0 Å². The molecule has 0 amide bonds. The Hall–Kier alpha value is -1.42. The minimum atomic E-state index is -0.229. The summed E-state index contributed by atoms with van der Waals surface area (Å²) in [5, 5.41) is 0. The van der Waals surface area contributed by atoms with E-state index in [1.165, 1.54) is 0 Å². The summed E-state index contributed by atoms with van der Waals surface area (Å²) in [4.78, 5) is 9.99. The lowest BCUT2D eigenvalue weighted by Crippen LogP contribution is -2.36. The van der Waals surface area contributed by atoms with Crippen molar-refractivity contribution in [2.24, 2.45) is 10.7 Å². The fourth-order valence-corrected chi connectivity index (χ4v) is 1.23. The molecular formula is C8H10N4. The third-order valence-corrected chi connectivity index (χ3v) is 1.85. The molecule has 2 heterocycles. The Morgan fingerprint density at radius 2 is 2.17 bits per heavy atom. The first-order valence-corrected chi connectivity index (χ1v) is 3.82. The molecule has 0 saturated heterocycles. The van der Waals surface area contributed by atoms with E-state index in [0.29, 0.717) is 0 Å². The summed E-state index contributed by atoms with van der Waals surface area (Å²) in [6.45, 7) is 0.783. The van der Waals surface area contributed by atoms with E-state index in [1.54, 1.807) is 12.4 Å². The van der Waals surface area contributed by atoms with Crippen molar-refractivity contribution < 1.29 is 0 Å². The lowest BCUT2D eigenvalue weighted by molar-refractivity contribution is 0.711. The molecule has 1 aromatic heterocycles. The molecule has 4 heteroatoms. The average Bonchev–Trinajstić information content (AvgIpc) is 2.53. The second-order valence-electron chi connectivity index (χ2n) is 2.60. The third kappa shape index (κ3) is 1.16. The van der Waals surface area contributed by atoms with E-state index in [1.807, 2.05) is 23.2 Å². The van der Waals surface area contributed by atoms with E-state index < -0.39 is 0 Å². The van der Waals surface area contributed by atoms with Crippen molar-refractivity contribution in [1.29, 1.82) is 0 Å². The number of nitrogens with two attached hydrogens (primary N) is 1. The highest BCUT2D eigenvalue weighted by atomic mass is 15.3. The average molecular weight is 162 g/mol. The maximum atomic E-state index is 5.72. The number of anilines is 1. The lowest BCUT2D eigenvalue weighted by atomic mass is 10.3. The topological polar surface area (TPSA) is 54.5 Å². The van der Waals surface area contributed by atoms with E-state index in [9.17, 15) is 0 Å². The minimum Gasteiger partial charge on any atom is -0.332 e. The van der Waals surface area contributed by atoms with E-state index in [-0.39, 0.29) is 6.29 Å². The molecule has 1 aliphatic heterocycles. The number of hydrogen-bond donors (Lipinski definition) is 1. The van der Waals surface area contributed by atoms with Crippen LogP contribution < -0.4 is 10.6 Å². The van der Waals surface area contributed by atoms with Crippen LogP contribution in [0.2, 0.25) is 0 Å². The normalized spacial score (nSPS) is 21.8. The predicted octanol–water partition coefficient (Wildman–Crippen LogP) is 0.215. The largest absolute Gasteiger partial charge is 0.332 e. The first kappa shape index (κ1) is 7.24. The fraction of sp³-hybridized carbons (Fsp3) is 0.250. The maximum Gasteiger partial charge on any atom is 0.173 e. The van der Waals surface area contributed by atoms with Gasteiger partial charge in [0.05, 0.1) is 6.54 Å². The summed E-state index contributed by atoms with van der Waals surface area (Å²) in [6, 6.07) is 3.85. The number of rotatable bonds is 1. The summed E-state index contributed by atoms with van der Waals surface area (Å²) in [5.74, 6) is 0. The molecule has 0 bridgehead atoms. The summed E-state index contributed by atoms with van der Waals surface area (Å²) < 4.78 is 0. The molecule has 0 radical (unpaired) electrons. The molecule has 2 N–H and O–H groups in total. The van der Waals surface area contributed by atoms with Gasteiger partial charge in [-0.3, -0.25) is 15.7 Å². The highest BCUT2D eigenvalue weighted by Gasteiger charge is 2.16. The summed E-state index contributed by atoms with van der Waals surface area (Å²) in [6.07, 6.45) is 5.10. The van der Waals surface area contributed by atoms with Gasteiger partial charge in [-0.05, 0) is 12.1 Å². The zero-order valence-electron chi connectivity index (χ0n) is 6.59. The summed E-state index contributed by atoms with van der Waals surface area (Å²) >= 11 is 0. The Labute approximate surface area is 70.7 Å². The van der Waals surface area contributed by atoms with Crippen LogP contribution in [0.4, 0.5) is 5.69 Å². The number of aliphatic imine (C=N–C) groups is 1. The zero-order valence-corrected chi connectivity index (χ0v) is 6.59. The Bertz CT molecular complexity index is 282. The van der Waals surface area contributed by atoms with Crippen LogP contribution >= 0.6 is 0 Å². The van der Waals surface area contributed by atoms with Crippen LogP contribution in [0, 0.1) is 0 Å². The molecule has 12 heavy (non-hydrogen) atoms. The molecule has 1 aliphatic rings. The van der Waals surface area contributed by atoms with Crippen LogP contribution in [0.15, 0.2) is 29.5 Å². The second-order valence-corrected chi connectivity index (χ2v) is 2.60. The van der Waals surface area contributed by atoms with Crippen molar-refractivity contribution in [3.05, 3.63) is 24.5 Å². The van der Waals surface area contributed by atoms with Crippen molar-refractivity contribution in [3.8, 4) is 0 Å². The van der Waals surface area contributed by atoms with E-state index in [2.05, 4.69) is 9.98 Å². The highest BCUT2D eigenvalue weighted by molar-refractivity contribution is 5.70. The Kier molecular flexibility index (Phi) is 1.75. The molecule has 0 spiro atoms. The molecule has 1 atom stereocenters. The first-order valence-electron chi connectivity index (χ1n) is 3.82. The van der Waals surface area contributed by atoms with E-state index in [4.69, 9.17) is 5.73 Å². The molecular weight excluding hydrogens is 152 g/mol. The van der Waals surface area contributed by atoms with Crippen LogP contribution in [0.3, 0.4) is 0 Å². The third-order valence-electron chi connectivity index (χ3n) is 1.85. The smallest absolute Gasteiger partial charge is 0.173 e. The van der Waals surface area contributed by atoms with Crippen molar-refractivity contribution in [3.63, 3.8) is 0 Å². The Balaban J connectivity index is 2.22. The van der Waals surface area contributed by atoms with Gasteiger partial charge >= 0.3 is 0 Å². The quantitative estimate of drug-likeness (QED) is 0.642. The van der Waals surface area contributed by atoms with E-state index in [0.717, 1.165) is 12.2 Å². The van der Waals surface area contributed by atoms with Gasteiger partial charge in [0.1, 0.15) is 0 Å². The molecule has 4 nitrogen and oxygen atoms in total. The number of nitrogens with zero attached hydrogens (tertiary/aromatic N) is 3. The van der Waals surface area contributed by atoms with Gasteiger partial charge in [0.2, 0.25) is 0 Å². The first-order chi connectivity index (χ1) is 5.88. The van der Waals surface area contributed by atoms with Gasteiger partial charge in [0, 0.05) is 24.3 Å². The van der Waals surface area contributed by atoms with Crippen LogP contribution in [-0.2, 0) is 0 Å². The number of hydrogen-bond acceptors (Lipinski definition) is 4. The van der Waals surface area contributed by atoms with Crippen molar-refractivity contribution in [1.82, 2.24) is 4.98 Å². The highest BCUT2D eigenvalue weighted by Crippen LogP contribution is 2.15. The molecule has 1 aromatic rings. The zero-order chi connectivity index (χ0) is 8.39. The second kappa shape index (κ2) is 2.91. The fourth-order valence-electron chi connectivity index (χ4n) is 1.23. The molecule has 0 saturated carbocycles. The van der Waals surface area contributed by atoms with Gasteiger partial charge in [0.15, 0.2) is 6.29 Å². The molecule has 0 aromatic carbocycles. The SMILES string of the molecule is NC1N=CCN1c1ccncc1. The van der Waals surface area contributed by atoms with Crippen LogP contribution in [0.25, 0.3) is 0 Å². The Morgan fingerprint density at radius 1 is 1.42 bits per heavy atom. The molecule has 0 aliphatic carbocycles. The van der Waals surface area contributed by atoms with Gasteiger partial charge in [0.25, 0.3) is 0 Å². The molecule has 62 valence electrons. The van der Waals surface area contributed by atoms with Gasteiger partial charge in [-0.25, -0.2) is 0 Å². The standard InChI is InChI=1S/C8H10N4/c9-8-11-5-6-12(8)7-1-3-10-4-2-7/h1-5,8H,6,9H2. The molecule has 1 unspecified atom stereocenters. The summed E-state index contributed by atoms with van der Waals surface area (Å²) in [7, 11) is 0. The Morgan fingerprint density at radius 3 is 2.75 bits per heavy atom. The van der Waals surface area contributed by atoms with Crippen molar-refractivity contribution >= 4 is 11.9 Å². The lowest BCUT2D eigenvalue weighted by Gasteiger charge is -2.21. The van der Waals surface area contributed by atoms with Crippen molar-refractivity contribution in [2.75, 3.05) is 11.4 Å². The minimum absolute atomic E-state index is 0.229.